The van der Waals surface area contributed by atoms with Crippen LogP contribution in [0.5, 0.6) is 0 Å². The van der Waals surface area contributed by atoms with Crippen molar-refractivity contribution in [1.29, 1.82) is 0 Å². The highest BCUT2D eigenvalue weighted by molar-refractivity contribution is 6.30. The first-order chi connectivity index (χ1) is 13.1. The van der Waals surface area contributed by atoms with Gasteiger partial charge in [0.05, 0.1) is 17.6 Å². The van der Waals surface area contributed by atoms with Crippen LogP contribution < -0.4 is 5.32 Å². The van der Waals surface area contributed by atoms with Crippen LogP contribution in [0.1, 0.15) is 35.9 Å². The van der Waals surface area contributed by atoms with Gasteiger partial charge in [-0.3, -0.25) is 9.69 Å². The summed E-state index contributed by atoms with van der Waals surface area (Å²) in [6.45, 7) is 6.27. The molecule has 2 heterocycles. The van der Waals surface area contributed by atoms with E-state index in [9.17, 15) is 4.79 Å². The first-order valence-electron chi connectivity index (χ1n) is 9.42. The Morgan fingerprint density at radius 2 is 2.00 bits per heavy atom. The molecule has 2 aromatic carbocycles. The fourth-order valence-corrected chi connectivity index (χ4v) is 3.65. The van der Waals surface area contributed by atoms with Crippen molar-refractivity contribution in [3.63, 3.8) is 0 Å². The minimum absolute atomic E-state index is 0.152. The van der Waals surface area contributed by atoms with Crippen LogP contribution in [0.4, 0.5) is 5.69 Å². The summed E-state index contributed by atoms with van der Waals surface area (Å²) in [6, 6.07) is 12.8. The number of nitrogens with zero attached hydrogens (tertiary/aromatic N) is 3. The Morgan fingerprint density at radius 1 is 1.19 bits per heavy atom. The number of carbonyl (C=O) groups excluding carboxylic acids is 1. The molecule has 0 aliphatic carbocycles. The SMILES string of the molecule is CCCCN1CCn2c(nc3cc(NC(=O)c4ccc(Cl)cc4)ccc32)C1. The molecule has 0 unspecified atom stereocenters. The summed E-state index contributed by atoms with van der Waals surface area (Å²) in [5.41, 5.74) is 3.39. The molecular weight excluding hydrogens is 360 g/mol. The number of imidazole rings is 1. The number of rotatable bonds is 5. The van der Waals surface area contributed by atoms with Gasteiger partial charge in [0.1, 0.15) is 5.82 Å². The number of nitrogens with one attached hydrogen (secondary N) is 1. The highest BCUT2D eigenvalue weighted by Crippen LogP contribution is 2.24. The number of aromatic nitrogens is 2. The highest BCUT2D eigenvalue weighted by Gasteiger charge is 2.20. The zero-order valence-corrected chi connectivity index (χ0v) is 16.2. The van der Waals surface area contributed by atoms with Crippen LogP contribution in [0.25, 0.3) is 11.0 Å². The molecule has 0 spiro atoms. The van der Waals surface area contributed by atoms with Gasteiger partial charge < -0.3 is 9.88 Å². The molecule has 0 atom stereocenters. The van der Waals surface area contributed by atoms with Crippen molar-refractivity contribution in [2.75, 3.05) is 18.4 Å². The molecule has 6 heteroatoms. The van der Waals surface area contributed by atoms with Crippen LogP contribution in [0.3, 0.4) is 0 Å². The number of amides is 1. The standard InChI is InChI=1S/C21H23ClN4O/c1-2-3-10-25-11-12-26-19-9-8-17(13-18(19)24-20(26)14-25)23-21(27)15-4-6-16(22)7-5-15/h4-9,13H,2-3,10-12,14H2,1H3,(H,23,27). The van der Waals surface area contributed by atoms with Crippen LogP contribution in [0, 0.1) is 0 Å². The number of hydrogen-bond acceptors (Lipinski definition) is 3. The van der Waals surface area contributed by atoms with E-state index in [0.29, 0.717) is 10.6 Å². The first-order valence-corrected chi connectivity index (χ1v) is 9.80. The van der Waals surface area contributed by atoms with Crippen molar-refractivity contribution in [2.45, 2.75) is 32.9 Å². The zero-order valence-electron chi connectivity index (χ0n) is 15.4. The molecule has 0 saturated carbocycles. The summed E-state index contributed by atoms with van der Waals surface area (Å²) < 4.78 is 2.29. The molecule has 0 bridgehead atoms. The van der Waals surface area contributed by atoms with Crippen LogP contribution >= 0.6 is 11.6 Å². The molecule has 0 saturated heterocycles. The van der Waals surface area contributed by atoms with E-state index in [1.54, 1.807) is 24.3 Å². The van der Waals surface area contributed by atoms with Crippen LogP contribution in [-0.4, -0.2) is 33.4 Å². The van der Waals surface area contributed by atoms with E-state index in [0.717, 1.165) is 48.7 Å². The molecule has 140 valence electrons. The molecule has 1 N–H and O–H groups in total. The van der Waals surface area contributed by atoms with Gasteiger partial charge in [0, 0.05) is 29.4 Å². The van der Waals surface area contributed by atoms with Gasteiger partial charge in [-0.25, -0.2) is 4.98 Å². The topological polar surface area (TPSA) is 50.2 Å². The molecule has 1 amide bonds. The number of halogens is 1. The number of hydrogen-bond donors (Lipinski definition) is 1. The number of unbranched alkanes of at least 4 members (excludes halogenated alkanes) is 1. The van der Waals surface area contributed by atoms with Crippen molar-refractivity contribution < 1.29 is 4.79 Å². The van der Waals surface area contributed by atoms with Crippen molar-refractivity contribution in [3.05, 3.63) is 58.9 Å². The van der Waals surface area contributed by atoms with Crippen molar-refractivity contribution in [3.8, 4) is 0 Å². The molecule has 5 nitrogen and oxygen atoms in total. The van der Waals surface area contributed by atoms with E-state index in [1.165, 1.54) is 12.8 Å². The molecule has 0 radical (unpaired) electrons. The lowest BCUT2D eigenvalue weighted by Crippen LogP contribution is -2.34. The van der Waals surface area contributed by atoms with Gasteiger partial charge in [-0.2, -0.15) is 0 Å². The first kappa shape index (κ1) is 18.0. The third kappa shape index (κ3) is 3.84. The lowest BCUT2D eigenvalue weighted by Gasteiger charge is -2.27. The summed E-state index contributed by atoms with van der Waals surface area (Å²) in [7, 11) is 0. The highest BCUT2D eigenvalue weighted by atomic mass is 35.5. The molecule has 3 aromatic rings. The zero-order chi connectivity index (χ0) is 18.8. The number of carbonyl (C=O) groups is 1. The van der Waals surface area contributed by atoms with Gasteiger partial charge in [-0.15, -0.1) is 0 Å². The van der Waals surface area contributed by atoms with Gasteiger partial charge in [-0.1, -0.05) is 24.9 Å². The largest absolute Gasteiger partial charge is 0.326 e. The van der Waals surface area contributed by atoms with Gasteiger partial charge >= 0.3 is 0 Å². The molecule has 1 aromatic heterocycles. The van der Waals surface area contributed by atoms with E-state index in [2.05, 4.69) is 21.7 Å². The third-order valence-electron chi connectivity index (χ3n) is 5.02. The lowest BCUT2D eigenvalue weighted by atomic mass is 10.2. The van der Waals surface area contributed by atoms with Gasteiger partial charge in [0.2, 0.25) is 0 Å². The third-order valence-corrected chi connectivity index (χ3v) is 5.28. The summed E-state index contributed by atoms with van der Waals surface area (Å²) in [6.07, 6.45) is 2.44. The van der Waals surface area contributed by atoms with Crippen molar-refractivity contribution in [1.82, 2.24) is 14.5 Å². The summed E-state index contributed by atoms with van der Waals surface area (Å²) in [4.78, 5) is 19.7. The van der Waals surface area contributed by atoms with E-state index in [4.69, 9.17) is 16.6 Å². The fourth-order valence-electron chi connectivity index (χ4n) is 3.53. The van der Waals surface area contributed by atoms with Crippen LogP contribution in [0.15, 0.2) is 42.5 Å². The Hall–Kier alpha value is -2.37. The van der Waals surface area contributed by atoms with Crippen LogP contribution in [-0.2, 0) is 13.1 Å². The second kappa shape index (κ2) is 7.71. The number of anilines is 1. The fraction of sp³-hybridized carbons (Fsp3) is 0.333. The summed E-state index contributed by atoms with van der Waals surface area (Å²) in [5.74, 6) is 0.953. The minimum atomic E-state index is -0.152. The second-order valence-corrected chi connectivity index (χ2v) is 7.41. The van der Waals surface area contributed by atoms with E-state index < -0.39 is 0 Å². The molecule has 0 fully saturated rings. The quantitative estimate of drug-likeness (QED) is 0.703. The van der Waals surface area contributed by atoms with E-state index in [1.807, 2.05) is 18.2 Å². The monoisotopic (exact) mass is 382 g/mol. The lowest BCUT2D eigenvalue weighted by molar-refractivity contribution is 0.102. The predicted molar refractivity (Wildman–Crippen MR) is 109 cm³/mol. The Morgan fingerprint density at radius 3 is 2.78 bits per heavy atom. The molecule has 1 aliphatic rings. The molecule has 27 heavy (non-hydrogen) atoms. The van der Waals surface area contributed by atoms with Crippen molar-refractivity contribution >= 4 is 34.2 Å². The maximum Gasteiger partial charge on any atom is 0.255 e. The predicted octanol–water partition coefficient (Wildman–Crippen LogP) is 4.56. The minimum Gasteiger partial charge on any atom is -0.326 e. The Kier molecular flexibility index (Phi) is 5.14. The molecular formula is C21H23ClN4O. The van der Waals surface area contributed by atoms with E-state index >= 15 is 0 Å². The summed E-state index contributed by atoms with van der Waals surface area (Å²) >= 11 is 5.88. The van der Waals surface area contributed by atoms with E-state index in [-0.39, 0.29) is 5.91 Å². The van der Waals surface area contributed by atoms with Gasteiger partial charge in [-0.05, 0) is 55.4 Å². The Balaban J connectivity index is 1.53. The summed E-state index contributed by atoms with van der Waals surface area (Å²) in [5, 5.41) is 3.56. The van der Waals surface area contributed by atoms with Crippen molar-refractivity contribution in [2.24, 2.45) is 0 Å². The molecule has 4 rings (SSSR count). The Labute approximate surface area is 163 Å². The van der Waals surface area contributed by atoms with Gasteiger partial charge in [0.25, 0.3) is 5.91 Å². The number of benzene rings is 2. The average Bonchev–Trinajstić information content (AvgIpc) is 3.03. The Bertz CT molecular complexity index is 964. The number of fused-ring (bicyclic) bond motifs is 3. The smallest absolute Gasteiger partial charge is 0.255 e. The normalized spacial score (nSPS) is 14.3. The maximum atomic E-state index is 12.4. The van der Waals surface area contributed by atoms with Gasteiger partial charge in [0.15, 0.2) is 0 Å². The second-order valence-electron chi connectivity index (χ2n) is 6.97. The maximum absolute atomic E-state index is 12.4. The average molecular weight is 383 g/mol. The van der Waals surface area contributed by atoms with Crippen LogP contribution in [0.2, 0.25) is 5.02 Å². The molecule has 1 aliphatic heterocycles.